The van der Waals surface area contributed by atoms with Crippen molar-refractivity contribution in [1.29, 1.82) is 0 Å². The highest BCUT2D eigenvalue weighted by molar-refractivity contribution is 14.0. The Kier molecular flexibility index (Phi) is 14.5. The van der Waals surface area contributed by atoms with E-state index < -0.39 is 0 Å². The van der Waals surface area contributed by atoms with Crippen LogP contribution in [0.4, 0.5) is 0 Å². The number of nitrogens with one attached hydrogen (secondary N) is 2. The van der Waals surface area contributed by atoms with Crippen molar-refractivity contribution >= 4 is 29.9 Å². The monoisotopic (exact) mass is 496 g/mol. The summed E-state index contributed by atoms with van der Waals surface area (Å²) >= 11 is 0. The zero-order valence-corrected chi connectivity index (χ0v) is 19.7. The van der Waals surface area contributed by atoms with Crippen molar-refractivity contribution < 1.29 is 9.47 Å². The first kappa shape index (κ1) is 24.9. The number of aliphatic imine (C=N–C) groups is 1. The fraction of sp³-hybridized carbons (Fsp3) is 0.950. The molecule has 0 aromatic rings. The van der Waals surface area contributed by atoms with Crippen LogP contribution < -0.4 is 10.6 Å². The van der Waals surface area contributed by atoms with Gasteiger partial charge in [-0.1, -0.05) is 19.3 Å². The molecule has 0 amide bonds. The van der Waals surface area contributed by atoms with E-state index in [1.807, 2.05) is 0 Å². The van der Waals surface area contributed by atoms with Crippen LogP contribution in [-0.4, -0.2) is 76.1 Å². The molecule has 1 aliphatic carbocycles. The molecule has 2 fully saturated rings. The molecule has 1 aliphatic heterocycles. The lowest BCUT2D eigenvalue weighted by Gasteiger charge is -2.31. The highest BCUT2D eigenvalue weighted by Crippen LogP contribution is 2.21. The van der Waals surface area contributed by atoms with Gasteiger partial charge in [0.1, 0.15) is 0 Å². The van der Waals surface area contributed by atoms with Crippen LogP contribution >= 0.6 is 24.0 Å². The Balaban J connectivity index is 0.00000364. The van der Waals surface area contributed by atoms with Gasteiger partial charge >= 0.3 is 0 Å². The number of nitrogens with zero attached hydrogens (tertiary/aromatic N) is 2. The van der Waals surface area contributed by atoms with Crippen molar-refractivity contribution in [2.45, 2.75) is 70.4 Å². The molecule has 2 rings (SSSR count). The summed E-state index contributed by atoms with van der Waals surface area (Å²) in [5.74, 6) is 0.928. The minimum Gasteiger partial charge on any atom is -0.379 e. The van der Waals surface area contributed by atoms with Crippen LogP contribution in [0.1, 0.15) is 58.3 Å². The van der Waals surface area contributed by atoms with E-state index in [0.717, 1.165) is 77.3 Å². The van der Waals surface area contributed by atoms with Crippen LogP contribution in [0.5, 0.6) is 0 Å². The van der Waals surface area contributed by atoms with Crippen molar-refractivity contribution in [3.8, 4) is 0 Å². The van der Waals surface area contributed by atoms with Gasteiger partial charge < -0.3 is 25.0 Å². The smallest absolute Gasteiger partial charge is 0.191 e. The Labute approximate surface area is 183 Å². The maximum atomic E-state index is 5.79. The topological polar surface area (TPSA) is 58.1 Å². The second-order valence-corrected chi connectivity index (χ2v) is 7.52. The molecule has 1 saturated heterocycles. The van der Waals surface area contributed by atoms with Gasteiger partial charge in [0.15, 0.2) is 5.96 Å². The summed E-state index contributed by atoms with van der Waals surface area (Å²) in [6.45, 7) is 8.29. The quantitative estimate of drug-likeness (QED) is 0.199. The lowest BCUT2D eigenvalue weighted by molar-refractivity contribution is 0.0424. The molecule has 160 valence electrons. The number of rotatable bonds is 11. The summed E-state index contributed by atoms with van der Waals surface area (Å²) in [5, 5.41) is 6.79. The van der Waals surface area contributed by atoms with Gasteiger partial charge in [-0.15, -0.1) is 24.0 Å². The zero-order chi connectivity index (χ0) is 18.5. The predicted molar refractivity (Wildman–Crippen MR) is 123 cm³/mol. The summed E-state index contributed by atoms with van der Waals surface area (Å²) in [5.41, 5.74) is 0. The van der Waals surface area contributed by atoms with Gasteiger partial charge in [-0.05, 0) is 52.6 Å². The average Bonchev–Trinajstić information content (AvgIpc) is 3.18. The van der Waals surface area contributed by atoms with Crippen molar-refractivity contribution in [2.75, 3.05) is 53.0 Å². The summed E-state index contributed by atoms with van der Waals surface area (Å²) in [6.07, 6.45) is 10.4. The van der Waals surface area contributed by atoms with Crippen LogP contribution in [-0.2, 0) is 9.47 Å². The molecule has 27 heavy (non-hydrogen) atoms. The zero-order valence-electron chi connectivity index (χ0n) is 17.4. The Morgan fingerprint density at radius 3 is 2.67 bits per heavy atom. The average molecular weight is 496 g/mol. The van der Waals surface area contributed by atoms with Gasteiger partial charge in [0.05, 0.1) is 12.7 Å². The molecule has 6 nitrogen and oxygen atoms in total. The molecule has 1 atom stereocenters. The maximum Gasteiger partial charge on any atom is 0.191 e. The predicted octanol–water partition coefficient (Wildman–Crippen LogP) is 3.01. The van der Waals surface area contributed by atoms with Gasteiger partial charge in [-0.3, -0.25) is 4.99 Å². The van der Waals surface area contributed by atoms with E-state index in [4.69, 9.17) is 9.47 Å². The van der Waals surface area contributed by atoms with Crippen molar-refractivity contribution in [3.63, 3.8) is 0 Å². The molecule has 0 bridgehead atoms. The third-order valence-electron chi connectivity index (χ3n) is 5.34. The summed E-state index contributed by atoms with van der Waals surface area (Å²) in [6, 6.07) is 0.802. The maximum absolute atomic E-state index is 5.79. The molecule has 7 heteroatoms. The number of hydrogen-bond acceptors (Lipinski definition) is 4. The third kappa shape index (κ3) is 10.9. The minimum absolute atomic E-state index is 0. The van der Waals surface area contributed by atoms with Crippen LogP contribution in [0.3, 0.4) is 0 Å². The molecule has 0 aromatic heterocycles. The van der Waals surface area contributed by atoms with Crippen LogP contribution in [0.25, 0.3) is 0 Å². The van der Waals surface area contributed by atoms with Crippen LogP contribution in [0.15, 0.2) is 4.99 Å². The second kappa shape index (κ2) is 15.8. The van der Waals surface area contributed by atoms with E-state index in [1.54, 1.807) is 0 Å². The van der Waals surface area contributed by atoms with Crippen LogP contribution in [0.2, 0.25) is 0 Å². The molecule has 1 heterocycles. The van der Waals surface area contributed by atoms with Gasteiger partial charge in [-0.25, -0.2) is 0 Å². The molecular weight excluding hydrogens is 455 g/mol. The molecule has 2 aliphatic rings. The van der Waals surface area contributed by atoms with Gasteiger partial charge in [0.2, 0.25) is 0 Å². The molecule has 0 aromatic carbocycles. The summed E-state index contributed by atoms with van der Waals surface area (Å²) in [7, 11) is 2.28. The molecule has 0 radical (unpaired) electrons. The molecule has 1 saturated carbocycles. The van der Waals surface area contributed by atoms with E-state index in [-0.39, 0.29) is 24.0 Å². The fourth-order valence-electron chi connectivity index (χ4n) is 3.73. The molecular formula is C20H41IN4O2. The highest BCUT2D eigenvalue weighted by atomic mass is 127. The van der Waals surface area contributed by atoms with E-state index in [1.165, 1.54) is 32.1 Å². The standard InChI is InChI=1S/C20H40N4O2.HI/c1-3-21-20(23-13-8-15-26-19-11-16-25-17-19)22-12-7-14-24(2)18-9-5-4-6-10-18;/h18-19H,3-17H2,1-2H3,(H2,21,22,23);1H. The lowest BCUT2D eigenvalue weighted by Crippen LogP contribution is -2.40. The minimum atomic E-state index is 0. The number of hydrogen-bond donors (Lipinski definition) is 2. The van der Waals surface area contributed by atoms with Crippen molar-refractivity contribution in [1.82, 2.24) is 15.5 Å². The first-order valence-electron chi connectivity index (χ1n) is 10.7. The molecule has 0 spiro atoms. The highest BCUT2D eigenvalue weighted by Gasteiger charge is 2.17. The van der Waals surface area contributed by atoms with E-state index in [9.17, 15) is 0 Å². The van der Waals surface area contributed by atoms with E-state index in [2.05, 4.69) is 34.5 Å². The van der Waals surface area contributed by atoms with E-state index >= 15 is 0 Å². The van der Waals surface area contributed by atoms with Gasteiger partial charge in [-0.2, -0.15) is 0 Å². The SMILES string of the molecule is CCNC(=NCCCOC1CCOC1)NCCCN(C)C1CCCCC1.I. The fourth-order valence-corrected chi connectivity index (χ4v) is 3.73. The van der Waals surface area contributed by atoms with Gasteiger partial charge in [0.25, 0.3) is 0 Å². The van der Waals surface area contributed by atoms with E-state index in [0.29, 0.717) is 6.10 Å². The summed E-state index contributed by atoms with van der Waals surface area (Å²) < 4.78 is 11.1. The third-order valence-corrected chi connectivity index (χ3v) is 5.34. The number of guanidine groups is 1. The normalized spacial score (nSPS) is 21.3. The van der Waals surface area contributed by atoms with Crippen molar-refractivity contribution in [2.24, 2.45) is 4.99 Å². The van der Waals surface area contributed by atoms with Gasteiger partial charge in [0, 0.05) is 38.9 Å². The Bertz CT molecular complexity index is 386. The second-order valence-electron chi connectivity index (χ2n) is 7.52. The van der Waals surface area contributed by atoms with Crippen LogP contribution in [0, 0.1) is 0 Å². The largest absolute Gasteiger partial charge is 0.379 e. The Hall–Kier alpha value is -0.120. The molecule has 1 unspecified atom stereocenters. The van der Waals surface area contributed by atoms with Crippen molar-refractivity contribution in [3.05, 3.63) is 0 Å². The lowest BCUT2D eigenvalue weighted by atomic mass is 9.94. The Morgan fingerprint density at radius 2 is 1.96 bits per heavy atom. The molecule has 2 N–H and O–H groups in total. The first-order valence-corrected chi connectivity index (χ1v) is 10.7. The number of halogens is 1. The number of ether oxygens (including phenoxy) is 2. The summed E-state index contributed by atoms with van der Waals surface area (Å²) in [4.78, 5) is 7.20. The first-order chi connectivity index (χ1) is 12.8. The Morgan fingerprint density at radius 1 is 1.15 bits per heavy atom.